The monoisotopic (exact) mass is 348 g/mol. The van der Waals surface area contributed by atoms with Gasteiger partial charge in [-0.2, -0.15) is 0 Å². The maximum absolute atomic E-state index is 12.1. The van der Waals surface area contributed by atoms with Gasteiger partial charge < -0.3 is 20.4 Å². The fraction of sp³-hybridized carbons (Fsp3) is 0.222. The van der Waals surface area contributed by atoms with Gasteiger partial charge in [0.2, 0.25) is 0 Å². The standard InChI is InChI=1S/C11H16N2O3.C7H5FO/c1-2-3-8-15-9-4-6-10(7-5-9)16-11(12)13-14;8-7-3-1-6(5-9)2-4-7/h4-7,14H,2-3,8H2,1H3,(H2,12,13);1-5H. The Morgan fingerprint density at radius 3 is 2.28 bits per heavy atom. The molecule has 0 aliphatic carbocycles. The Bertz CT molecular complexity index is 658. The van der Waals surface area contributed by atoms with Crippen molar-refractivity contribution in [2.75, 3.05) is 6.61 Å². The van der Waals surface area contributed by atoms with Crippen molar-refractivity contribution in [3.63, 3.8) is 0 Å². The topological polar surface area (TPSA) is 94.1 Å². The molecule has 134 valence electrons. The minimum absolute atomic E-state index is 0.292. The Balaban J connectivity index is 0.000000293. The third-order valence-corrected chi connectivity index (χ3v) is 2.92. The van der Waals surface area contributed by atoms with E-state index in [1.165, 1.54) is 24.3 Å². The average molecular weight is 348 g/mol. The Kier molecular flexibility index (Phi) is 9.14. The minimum atomic E-state index is -0.319. The number of rotatable bonds is 6. The van der Waals surface area contributed by atoms with Gasteiger partial charge in [0.05, 0.1) is 6.61 Å². The first-order chi connectivity index (χ1) is 12.1. The lowest BCUT2D eigenvalue weighted by Crippen LogP contribution is -2.19. The molecule has 0 bridgehead atoms. The summed E-state index contributed by atoms with van der Waals surface area (Å²) in [6.07, 6.45) is 2.81. The van der Waals surface area contributed by atoms with Crippen LogP contribution >= 0.6 is 0 Å². The summed E-state index contributed by atoms with van der Waals surface area (Å²) < 4.78 is 22.5. The van der Waals surface area contributed by atoms with Crippen LogP contribution in [0.15, 0.2) is 53.7 Å². The molecule has 0 unspecified atom stereocenters. The first kappa shape index (κ1) is 20.0. The summed E-state index contributed by atoms with van der Waals surface area (Å²) >= 11 is 0. The van der Waals surface area contributed by atoms with Crippen LogP contribution < -0.4 is 15.2 Å². The number of carbonyl (C=O) groups is 1. The van der Waals surface area contributed by atoms with Gasteiger partial charge >= 0.3 is 6.02 Å². The second-order valence-corrected chi connectivity index (χ2v) is 4.88. The van der Waals surface area contributed by atoms with Gasteiger partial charge in [-0.15, -0.1) is 0 Å². The van der Waals surface area contributed by atoms with E-state index < -0.39 is 0 Å². The summed E-state index contributed by atoms with van der Waals surface area (Å²) in [7, 11) is 0. The van der Waals surface area contributed by atoms with Gasteiger partial charge in [-0.05, 0) is 60.1 Å². The van der Waals surface area contributed by atoms with Crippen molar-refractivity contribution in [3.8, 4) is 11.5 Å². The number of benzene rings is 2. The summed E-state index contributed by atoms with van der Waals surface area (Å²) in [5, 5.41) is 11.0. The fourth-order valence-electron chi connectivity index (χ4n) is 1.62. The lowest BCUT2D eigenvalue weighted by Gasteiger charge is -2.06. The maximum Gasteiger partial charge on any atom is 0.326 e. The van der Waals surface area contributed by atoms with Crippen LogP contribution in [0, 0.1) is 5.82 Å². The SMILES string of the molecule is CCCCOc1ccc(OC(N)=NO)cc1.O=Cc1ccc(F)cc1. The van der Waals surface area contributed by atoms with E-state index in [2.05, 4.69) is 12.1 Å². The predicted molar refractivity (Wildman–Crippen MR) is 92.7 cm³/mol. The third-order valence-electron chi connectivity index (χ3n) is 2.92. The molecular weight excluding hydrogens is 327 g/mol. The van der Waals surface area contributed by atoms with Crippen molar-refractivity contribution < 1.29 is 23.9 Å². The summed E-state index contributed by atoms with van der Waals surface area (Å²) in [6.45, 7) is 2.81. The van der Waals surface area contributed by atoms with Gasteiger partial charge in [0.25, 0.3) is 0 Å². The zero-order valence-corrected chi connectivity index (χ0v) is 13.9. The smallest absolute Gasteiger partial charge is 0.326 e. The first-order valence-electron chi connectivity index (χ1n) is 7.68. The van der Waals surface area contributed by atoms with Gasteiger partial charge in [0.15, 0.2) is 0 Å². The van der Waals surface area contributed by atoms with E-state index in [0.29, 0.717) is 24.2 Å². The second kappa shape index (κ2) is 11.4. The quantitative estimate of drug-likeness (QED) is 0.208. The van der Waals surface area contributed by atoms with Gasteiger partial charge in [-0.25, -0.2) is 4.39 Å². The Morgan fingerprint density at radius 1 is 1.16 bits per heavy atom. The lowest BCUT2D eigenvalue weighted by molar-refractivity contribution is 0.112. The summed E-state index contributed by atoms with van der Waals surface area (Å²) in [5.74, 6) is 0.957. The van der Waals surface area contributed by atoms with E-state index in [-0.39, 0.29) is 11.8 Å². The molecule has 25 heavy (non-hydrogen) atoms. The van der Waals surface area contributed by atoms with E-state index in [9.17, 15) is 9.18 Å². The van der Waals surface area contributed by atoms with E-state index in [4.69, 9.17) is 20.4 Å². The average Bonchev–Trinajstić information content (AvgIpc) is 2.64. The van der Waals surface area contributed by atoms with Crippen LogP contribution in [-0.4, -0.2) is 24.1 Å². The van der Waals surface area contributed by atoms with Crippen LogP contribution in [0.2, 0.25) is 0 Å². The number of unbranched alkanes of at least 4 members (excludes halogenated alkanes) is 1. The number of aldehydes is 1. The van der Waals surface area contributed by atoms with Crippen molar-refractivity contribution in [2.45, 2.75) is 19.8 Å². The molecule has 2 rings (SSSR count). The molecule has 0 spiro atoms. The van der Waals surface area contributed by atoms with Crippen molar-refractivity contribution in [1.82, 2.24) is 0 Å². The highest BCUT2D eigenvalue weighted by molar-refractivity contribution is 5.74. The molecule has 0 aromatic heterocycles. The first-order valence-corrected chi connectivity index (χ1v) is 7.68. The van der Waals surface area contributed by atoms with E-state index >= 15 is 0 Å². The number of amidine groups is 1. The lowest BCUT2D eigenvalue weighted by atomic mass is 10.2. The summed E-state index contributed by atoms with van der Waals surface area (Å²) in [6, 6.07) is 12.0. The van der Waals surface area contributed by atoms with Gasteiger partial charge in [-0.1, -0.05) is 13.3 Å². The van der Waals surface area contributed by atoms with Crippen molar-refractivity contribution in [2.24, 2.45) is 10.9 Å². The van der Waals surface area contributed by atoms with Gasteiger partial charge in [0.1, 0.15) is 23.6 Å². The third kappa shape index (κ3) is 8.36. The molecule has 0 atom stereocenters. The fourth-order valence-corrected chi connectivity index (χ4v) is 1.62. The van der Waals surface area contributed by atoms with Crippen molar-refractivity contribution in [1.29, 1.82) is 0 Å². The molecule has 0 aliphatic rings. The van der Waals surface area contributed by atoms with E-state index in [1.807, 2.05) is 0 Å². The normalized spacial score (nSPS) is 10.4. The molecule has 0 aliphatic heterocycles. The minimum Gasteiger partial charge on any atom is -0.494 e. The number of oxime groups is 1. The number of ether oxygens (including phenoxy) is 2. The summed E-state index contributed by atoms with van der Waals surface area (Å²) in [4.78, 5) is 10.00. The second-order valence-electron chi connectivity index (χ2n) is 4.88. The number of hydrogen-bond donors (Lipinski definition) is 2. The maximum atomic E-state index is 12.1. The van der Waals surface area contributed by atoms with Crippen molar-refractivity contribution >= 4 is 12.3 Å². The molecule has 6 nitrogen and oxygen atoms in total. The molecule has 2 aromatic rings. The Hall–Kier alpha value is -3.09. The van der Waals surface area contributed by atoms with E-state index in [0.717, 1.165) is 18.6 Å². The molecule has 0 fully saturated rings. The number of hydrogen-bond acceptors (Lipinski definition) is 5. The van der Waals surface area contributed by atoms with Gasteiger partial charge in [-0.3, -0.25) is 4.79 Å². The molecule has 3 N–H and O–H groups in total. The van der Waals surface area contributed by atoms with E-state index in [1.54, 1.807) is 24.3 Å². The molecular formula is C18H21FN2O4. The molecule has 0 saturated carbocycles. The number of nitrogens with zero attached hydrogens (tertiary/aromatic N) is 1. The Morgan fingerprint density at radius 2 is 1.76 bits per heavy atom. The van der Waals surface area contributed by atoms with Crippen LogP contribution in [-0.2, 0) is 0 Å². The van der Waals surface area contributed by atoms with Crippen LogP contribution in [0.5, 0.6) is 11.5 Å². The number of nitrogens with two attached hydrogens (primary N) is 1. The molecule has 7 heteroatoms. The van der Waals surface area contributed by atoms with Crippen LogP contribution in [0.25, 0.3) is 0 Å². The molecule has 0 amide bonds. The van der Waals surface area contributed by atoms with Crippen LogP contribution in [0.4, 0.5) is 4.39 Å². The highest BCUT2D eigenvalue weighted by atomic mass is 19.1. The zero-order chi connectivity index (χ0) is 18.5. The van der Waals surface area contributed by atoms with Crippen molar-refractivity contribution in [3.05, 3.63) is 59.9 Å². The van der Waals surface area contributed by atoms with Crippen LogP contribution in [0.3, 0.4) is 0 Å². The molecule has 0 radical (unpaired) electrons. The summed E-state index contributed by atoms with van der Waals surface area (Å²) in [5.41, 5.74) is 5.68. The molecule has 2 aromatic carbocycles. The highest BCUT2D eigenvalue weighted by Gasteiger charge is 1.98. The molecule has 0 heterocycles. The number of carbonyl (C=O) groups excluding carboxylic acids is 1. The largest absolute Gasteiger partial charge is 0.494 e. The van der Waals surface area contributed by atoms with Gasteiger partial charge in [0, 0.05) is 5.56 Å². The highest BCUT2D eigenvalue weighted by Crippen LogP contribution is 2.17. The Labute approximate surface area is 145 Å². The molecule has 0 saturated heterocycles. The zero-order valence-electron chi connectivity index (χ0n) is 13.9. The predicted octanol–water partition coefficient (Wildman–Crippen LogP) is 3.59. The number of halogens is 1. The van der Waals surface area contributed by atoms with Crippen LogP contribution in [0.1, 0.15) is 30.1 Å².